The Balaban J connectivity index is 3.82. The van der Waals surface area contributed by atoms with Gasteiger partial charge in [0, 0.05) is 27.4 Å². The van der Waals surface area contributed by atoms with Crippen LogP contribution in [0.4, 0.5) is 0 Å². The van der Waals surface area contributed by atoms with Gasteiger partial charge in [0.05, 0.1) is 0 Å². The summed E-state index contributed by atoms with van der Waals surface area (Å²) in [6, 6.07) is 0. The fraction of sp³-hybridized carbons (Fsp3) is 1.00. The van der Waals surface area contributed by atoms with E-state index in [-0.39, 0.29) is 0 Å². The van der Waals surface area contributed by atoms with Crippen molar-refractivity contribution in [3.05, 3.63) is 0 Å². The van der Waals surface area contributed by atoms with Gasteiger partial charge in [-0.25, -0.2) is 0 Å². The zero-order valence-corrected chi connectivity index (χ0v) is 11.0. The van der Waals surface area contributed by atoms with Crippen molar-refractivity contribution >= 4 is 21.7 Å². The van der Waals surface area contributed by atoms with Crippen LogP contribution in [0.3, 0.4) is 0 Å². The highest BCUT2D eigenvalue weighted by Crippen LogP contribution is 2.10. The lowest BCUT2D eigenvalue weighted by atomic mass is 10.4. The second-order valence-corrected chi connectivity index (χ2v) is 5.46. The third kappa shape index (κ3) is 5.33. The largest absolute Gasteiger partial charge is 0.679 e. The van der Waals surface area contributed by atoms with Crippen LogP contribution in [-0.4, -0.2) is 42.2 Å². The van der Waals surface area contributed by atoms with Gasteiger partial charge >= 0.3 is 9.05 Å². The number of unbranched alkanes of at least 4 members (excludes halogenated alkanes) is 1. The van der Waals surface area contributed by atoms with Crippen LogP contribution in [0.1, 0.15) is 19.8 Å². The molecule has 0 aromatic carbocycles. The summed E-state index contributed by atoms with van der Waals surface area (Å²) in [7, 11) is 0.273. The van der Waals surface area contributed by atoms with Gasteiger partial charge in [-0.15, -0.1) is 0 Å². The van der Waals surface area contributed by atoms with Gasteiger partial charge in [-0.1, -0.05) is 0 Å². The van der Waals surface area contributed by atoms with Crippen molar-refractivity contribution in [2.24, 2.45) is 0 Å². The summed E-state index contributed by atoms with van der Waals surface area (Å²) in [5, 5.41) is 0. The molecule has 0 aliphatic rings. The van der Waals surface area contributed by atoms with E-state index in [9.17, 15) is 0 Å². The van der Waals surface area contributed by atoms with Gasteiger partial charge in [0.25, 0.3) is 0 Å². The third-order valence-corrected chi connectivity index (χ3v) is 4.17. The highest BCUT2D eigenvalue weighted by Gasteiger charge is 2.42. The van der Waals surface area contributed by atoms with E-state index in [1.165, 1.54) is 0 Å². The lowest BCUT2D eigenvalue weighted by molar-refractivity contribution is -0.00643. The fourth-order valence-electron chi connectivity index (χ4n) is 0.949. The first-order valence-corrected chi connectivity index (χ1v) is 7.00. The minimum absolute atomic E-state index is 0.528. The molecule has 0 radical (unpaired) electrons. The molecule has 0 rings (SSSR count). The molecule has 0 unspecified atom stereocenters. The molecular formula is C8H20O4SSi. The van der Waals surface area contributed by atoms with Crippen LogP contribution in [0.2, 0.25) is 0 Å². The molecule has 0 N–H and O–H groups in total. The molecule has 0 bridgehead atoms. The zero-order valence-electron chi connectivity index (χ0n) is 9.12. The molecule has 0 saturated carbocycles. The second-order valence-electron chi connectivity index (χ2n) is 2.62. The Morgan fingerprint density at radius 3 is 2.14 bits per heavy atom. The molecule has 0 heterocycles. The van der Waals surface area contributed by atoms with Crippen molar-refractivity contribution in [1.82, 2.24) is 0 Å². The van der Waals surface area contributed by atoms with Crippen molar-refractivity contribution in [2.45, 2.75) is 19.8 Å². The van der Waals surface area contributed by atoms with E-state index in [0.29, 0.717) is 13.2 Å². The third-order valence-electron chi connectivity index (χ3n) is 1.65. The zero-order chi connectivity index (χ0) is 10.9. The van der Waals surface area contributed by atoms with Crippen LogP contribution in [0.5, 0.6) is 0 Å². The van der Waals surface area contributed by atoms with Gasteiger partial charge in [0.1, 0.15) is 0 Å². The fourth-order valence-corrected chi connectivity index (χ4v) is 2.64. The molecule has 86 valence electrons. The molecule has 0 amide bonds. The molecule has 0 aromatic heterocycles. The smallest absolute Gasteiger partial charge is 0.355 e. The molecule has 4 nitrogen and oxygen atoms in total. The van der Waals surface area contributed by atoms with Crippen LogP contribution in [0, 0.1) is 0 Å². The van der Waals surface area contributed by atoms with Crippen LogP contribution in [0.25, 0.3) is 0 Å². The maximum Gasteiger partial charge on any atom is 0.679 e. The summed E-state index contributed by atoms with van der Waals surface area (Å²) >= 11 is 4.12. The maximum atomic E-state index is 5.51. The lowest BCUT2D eigenvalue weighted by Gasteiger charge is -2.24. The first kappa shape index (κ1) is 14.4. The van der Waals surface area contributed by atoms with Crippen molar-refractivity contribution < 1.29 is 17.7 Å². The molecule has 14 heavy (non-hydrogen) atoms. The SMILES string of the molecule is CCO[Si](OC)(OC)OCCCCS. The van der Waals surface area contributed by atoms with Gasteiger partial charge in [-0.05, 0) is 25.5 Å². The molecule has 0 fully saturated rings. The van der Waals surface area contributed by atoms with E-state index >= 15 is 0 Å². The maximum absolute atomic E-state index is 5.51. The standard InChI is InChI=1S/C8H20O4SSi/c1-4-11-14(9-2,10-3)12-7-5-6-8-13/h13H,4-8H2,1-3H3. The van der Waals surface area contributed by atoms with E-state index in [1.807, 2.05) is 6.92 Å². The van der Waals surface area contributed by atoms with Gasteiger partial charge in [-0.2, -0.15) is 12.6 Å². The van der Waals surface area contributed by atoms with Gasteiger partial charge in [-0.3, -0.25) is 0 Å². The summed E-state index contributed by atoms with van der Waals surface area (Å²) in [5.41, 5.74) is 0. The summed E-state index contributed by atoms with van der Waals surface area (Å²) in [4.78, 5) is 0. The molecule has 0 aromatic rings. The Morgan fingerprint density at radius 1 is 1.07 bits per heavy atom. The van der Waals surface area contributed by atoms with Crippen LogP contribution < -0.4 is 0 Å². The van der Waals surface area contributed by atoms with E-state index in [4.69, 9.17) is 17.7 Å². The van der Waals surface area contributed by atoms with Crippen molar-refractivity contribution in [3.63, 3.8) is 0 Å². The molecular weight excluding hydrogens is 220 g/mol. The quantitative estimate of drug-likeness (QED) is 0.376. The highest BCUT2D eigenvalue weighted by atomic mass is 32.1. The average Bonchev–Trinajstić information content (AvgIpc) is 2.23. The van der Waals surface area contributed by atoms with Crippen LogP contribution >= 0.6 is 12.6 Å². The number of hydrogen-bond donors (Lipinski definition) is 1. The highest BCUT2D eigenvalue weighted by molar-refractivity contribution is 7.80. The summed E-state index contributed by atoms with van der Waals surface area (Å²) < 4.78 is 21.2. The summed E-state index contributed by atoms with van der Waals surface area (Å²) in [5.74, 6) is 0.868. The van der Waals surface area contributed by atoms with Gasteiger partial charge < -0.3 is 17.7 Å². The summed E-state index contributed by atoms with van der Waals surface area (Å²) in [6.45, 7) is 3.01. The molecule has 0 saturated heterocycles. The van der Waals surface area contributed by atoms with E-state index in [1.54, 1.807) is 14.2 Å². The first-order chi connectivity index (χ1) is 6.74. The minimum Gasteiger partial charge on any atom is -0.355 e. The summed E-state index contributed by atoms with van der Waals surface area (Å²) in [6.07, 6.45) is 1.96. The van der Waals surface area contributed by atoms with E-state index < -0.39 is 9.05 Å². The Labute approximate surface area is 92.8 Å². The van der Waals surface area contributed by atoms with E-state index in [0.717, 1.165) is 18.6 Å². The lowest BCUT2D eigenvalue weighted by Crippen LogP contribution is -2.47. The van der Waals surface area contributed by atoms with E-state index in [2.05, 4.69) is 12.6 Å². The monoisotopic (exact) mass is 240 g/mol. The Bertz CT molecular complexity index is 133. The van der Waals surface area contributed by atoms with Crippen molar-refractivity contribution in [1.29, 1.82) is 0 Å². The minimum atomic E-state index is -2.82. The molecule has 0 atom stereocenters. The number of thiol groups is 1. The topological polar surface area (TPSA) is 36.9 Å². The Kier molecular flexibility index (Phi) is 8.95. The Morgan fingerprint density at radius 2 is 1.71 bits per heavy atom. The average molecular weight is 240 g/mol. The molecule has 0 aliphatic heterocycles. The predicted molar refractivity (Wildman–Crippen MR) is 60.4 cm³/mol. The van der Waals surface area contributed by atoms with Gasteiger partial charge in [0.15, 0.2) is 0 Å². The van der Waals surface area contributed by atoms with Crippen molar-refractivity contribution in [2.75, 3.05) is 33.2 Å². The predicted octanol–water partition coefficient (Wildman–Crippen LogP) is 1.48. The number of rotatable bonds is 9. The van der Waals surface area contributed by atoms with Gasteiger partial charge in [0.2, 0.25) is 0 Å². The van der Waals surface area contributed by atoms with Crippen LogP contribution in [0.15, 0.2) is 0 Å². The molecule has 0 aliphatic carbocycles. The Hall–Kier alpha value is 0.407. The molecule has 6 heteroatoms. The van der Waals surface area contributed by atoms with Crippen LogP contribution in [-0.2, 0) is 17.7 Å². The normalized spacial score (nSPS) is 12.0. The second kappa shape index (κ2) is 8.69. The first-order valence-electron chi connectivity index (χ1n) is 4.73. The molecule has 0 spiro atoms. The van der Waals surface area contributed by atoms with Crippen molar-refractivity contribution in [3.8, 4) is 0 Å². The number of hydrogen-bond acceptors (Lipinski definition) is 5.